The van der Waals surface area contributed by atoms with E-state index >= 15 is 0 Å². The molecule has 0 bridgehead atoms. The standard InChI is InChI=1S/C14H26N2O3/c1-6-14(7-2)13(18)16(11(4)9-19-5)10(3)8-12(17)15-14/h10-11H,6-9H2,1-5H3,(H,15,17). The van der Waals surface area contributed by atoms with E-state index < -0.39 is 5.54 Å². The number of carbonyl (C=O) groups is 2. The highest BCUT2D eigenvalue weighted by atomic mass is 16.5. The lowest BCUT2D eigenvalue weighted by molar-refractivity contribution is -0.143. The zero-order chi connectivity index (χ0) is 14.6. The summed E-state index contributed by atoms with van der Waals surface area (Å²) < 4.78 is 5.16. The lowest BCUT2D eigenvalue weighted by Crippen LogP contribution is -2.59. The summed E-state index contributed by atoms with van der Waals surface area (Å²) in [7, 11) is 1.62. The molecule has 0 aliphatic carbocycles. The van der Waals surface area contributed by atoms with Gasteiger partial charge in [-0.3, -0.25) is 9.59 Å². The first kappa shape index (κ1) is 16.0. The Labute approximate surface area is 115 Å². The van der Waals surface area contributed by atoms with Gasteiger partial charge in [0.1, 0.15) is 5.54 Å². The molecule has 2 atom stereocenters. The van der Waals surface area contributed by atoms with Crippen LogP contribution in [0.5, 0.6) is 0 Å². The zero-order valence-corrected chi connectivity index (χ0v) is 12.7. The number of hydrogen-bond acceptors (Lipinski definition) is 3. The van der Waals surface area contributed by atoms with Crippen LogP contribution in [0.15, 0.2) is 0 Å². The highest BCUT2D eigenvalue weighted by molar-refractivity contribution is 5.94. The molecule has 2 unspecified atom stereocenters. The predicted molar refractivity (Wildman–Crippen MR) is 73.7 cm³/mol. The average Bonchev–Trinajstić information content (AvgIpc) is 2.44. The number of hydrogen-bond donors (Lipinski definition) is 1. The van der Waals surface area contributed by atoms with Crippen molar-refractivity contribution in [2.24, 2.45) is 0 Å². The first-order chi connectivity index (χ1) is 8.91. The molecule has 0 saturated carbocycles. The Morgan fingerprint density at radius 1 is 1.42 bits per heavy atom. The van der Waals surface area contributed by atoms with E-state index in [2.05, 4.69) is 5.32 Å². The van der Waals surface area contributed by atoms with E-state index in [9.17, 15) is 9.59 Å². The Kier molecular flexibility index (Phi) is 5.35. The lowest BCUT2D eigenvalue weighted by atomic mass is 9.90. The van der Waals surface area contributed by atoms with Gasteiger partial charge in [0.25, 0.3) is 0 Å². The largest absolute Gasteiger partial charge is 0.383 e. The van der Waals surface area contributed by atoms with Crippen LogP contribution in [0.2, 0.25) is 0 Å². The summed E-state index contributed by atoms with van der Waals surface area (Å²) in [5.74, 6) is -0.0305. The van der Waals surface area contributed by atoms with E-state index in [1.165, 1.54) is 0 Å². The van der Waals surface area contributed by atoms with Gasteiger partial charge < -0.3 is 15.0 Å². The summed E-state index contributed by atoms with van der Waals surface area (Å²) >= 11 is 0. The smallest absolute Gasteiger partial charge is 0.248 e. The van der Waals surface area contributed by atoms with Crippen LogP contribution in [-0.2, 0) is 14.3 Å². The Hall–Kier alpha value is -1.10. The van der Waals surface area contributed by atoms with Crippen LogP contribution in [0.25, 0.3) is 0 Å². The Balaban J connectivity index is 3.12. The Morgan fingerprint density at radius 2 is 2.00 bits per heavy atom. The summed E-state index contributed by atoms with van der Waals surface area (Å²) in [4.78, 5) is 26.6. The van der Waals surface area contributed by atoms with Crippen LogP contribution in [0.3, 0.4) is 0 Å². The molecule has 1 fully saturated rings. The number of rotatable bonds is 5. The maximum atomic E-state index is 12.9. The summed E-state index contributed by atoms with van der Waals surface area (Å²) in [6, 6.07) is -0.129. The van der Waals surface area contributed by atoms with Crippen LogP contribution in [0, 0.1) is 0 Å². The molecule has 1 rings (SSSR count). The van der Waals surface area contributed by atoms with Gasteiger partial charge in [0, 0.05) is 19.6 Å². The highest BCUT2D eigenvalue weighted by Crippen LogP contribution is 2.26. The highest BCUT2D eigenvalue weighted by Gasteiger charge is 2.45. The van der Waals surface area contributed by atoms with Crippen molar-refractivity contribution in [3.63, 3.8) is 0 Å². The van der Waals surface area contributed by atoms with Gasteiger partial charge in [0.15, 0.2) is 0 Å². The molecule has 1 saturated heterocycles. The SMILES string of the molecule is CCC1(CC)NC(=O)CC(C)N(C(C)COC)C1=O. The molecule has 0 aromatic carbocycles. The Bertz CT molecular complexity index is 340. The zero-order valence-electron chi connectivity index (χ0n) is 12.7. The summed E-state index contributed by atoms with van der Waals surface area (Å²) in [5.41, 5.74) is -0.760. The molecule has 1 aliphatic rings. The van der Waals surface area contributed by atoms with Crippen molar-refractivity contribution >= 4 is 11.8 Å². The van der Waals surface area contributed by atoms with E-state index in [-0.39, 0.29) is 23.9 Å². The second kappa shape index (κ2) is 6.37. The van der Waals surface area contributed by atoms with Gasteiger partial charge in [-0.05, 0) is 26.7 Å². The topological polar surface area (TPSA) is 58.6 Å². The predicted octanol–water partition coefficient (Wildman–Crippen LogP) is 1.32. The molecule has 1 heterocycles. The van der Waals surface area contributed by atoms with Gasteiger partial charge in [-0.1, -0.05) is 13.8 Å². The lowest BCUT2D eigenvalue weighted by Gasteiger charge is -2.38. The van der Waals surface area contributed by atoms with Gasteiger partial charge >= 0.3 is 0 Å². The molecule has 19 heavy (non-hydrogen) atoms. The van der Waals surface area contributed by atoms with Crippen molar-refractivity contribution in [1.29, 1.82) is 0 Å². The molecule has 2 amide bonds. The van der Waals surface area contributed by atoms with Crippen molar-refractivity contribution < 1.29 is 14.3 Å². The fraction of sp³-hybridized carbons (Fsp3) is 0.857. The van der Waals surface area contributed by atoms with Crippen LogP contribution in [0.1, 0.15) is 47.0 Å². The molecule has 1 N–H and O–H groups in total. The molecular weight excluding hydrogens is 244 g/mol. The third-order valence-corrected chi connectivity index (χ3v) is 4.07. The molecule has 0 aromatic heterocycles. The van der Waals surface area contributed by atoms with E-state index in [1.807, 2.05) is 32.6 Å². The third kappa shape index (κ3) is 3.08. The second-order valence-corrected chi connectivity index (χ2v) is 5.41. The summed E-state index contributed by atoms with van der Waals surface area (Å²) in [6.45, 7) is 8.25. The van der Waals surface area contributed by atoms with E-state index in [0.717, 1.165) is 0 Å². The van der Waals surface area contributed by atoms with Crippen molar-refractivity contribution in [3.8, 4) is 0 Å². The normalized spacial score (nSPS) is 24.9. The van der Waals surface area contributed by atoms with Gasteiger partial charge in [-0.25, -0.2) is 0 Å². The van der Waals surface area contributed by atoms with Gasteiger partial charge in [0.2, 0.25) is 11.8 Å². The second-order valence-electron chi connectivity index (χ2n) is 5.41. The fourth-order valence-electron chi connectivity index (χ4n) is 2.87. The minimum absolute atomic E-state index is 0.0143. The van der Waals surface area contributed by atoms with E-state index in [1.54, 1.807) is 7.11 Å². The number of nitrogens with zero attached hydrogens (tertiary/aromatic N) is 1. The number of nitrogens with one attached hydrogen (secondary N) is 1. The minimum atomic E-state index is -0.760. The average molecular weight is 270 g/mol. The minimum Gasteiger partial charge on any atom is -0.383 e. The van der Waals surface area contributed by atoms with E-state index in [4.69, 9.17) is 4.74 Å². The van der Waals surface area contributed by atoms with Crippen LogP contribution in [0.4, 0.5) is 0 Å². The molecule has 5 heteroatoms. The van der Waals surface area contributed by atoms with Crippen molar-refractivity contribution in [2.75, 3.05) is 13.7 Å². The summed E-state index contributed by atoms with van der Waals surface area (Å²) in [5, 5.41) is 2.93. The number of carbonyl (C=O) groups excluding carboxylic acids is 2. The third-order valence-electron chi connectivity index (χ3n) is 4.07. The van der Waals surface area contributed by atoms with Crippen molar-refractivity contribution in [3.05, 3.63) is 0 Å². The molecule has 0 radical (unpaired) electrons. The molecule has 0 aromatic rings. The number of ether oxygens (including phenoxy) is 1. The van der Waals surface area contributed by atoms with Gasteiger partial charge in [-0.2, -0.15) is 0 Å². The number of methoxy groups -OCH3 is 1. The maximum Gasteiger partial charge on any atom is 0.248 e. The Morgan fingerprint density at radius 3 is 2.47 bits per heavy atom. The van der Waals surface area contributed by atoms with Crippen LogP contribution >= 0.6 is 0 Å². The first-order valence-electron chi connectivity index (χ1n) is 7.04. The van der Waals surface area contributed by atoms with Crippen LogP contribution in [-0.4, -0.2) is 48.1 Å². The van der Waals surface area contributed by atoms with Crippen LogP contribution < -0.4 is 5.32 Å². The number of amides is 2. The summed E-state index contributed by atoms with van der Waals surface area (Å²) in [6.07, 6.45) is 1.57. The van der Waals surface area contributed by atoms with Gasteiger partial charge in [0.05, 0.1) is 12.6 Å². The monoisotopic (exact) mass is 270 g/mol. The van der Waals surface area contributed by atoms with Crippen molar-refractivity contribution in [2.45, 2.75) is 64.6 Å². The van der Waals surface area contributed by atoms with Crippen molar-refractivity contribution in [1.82, 2.24) is 10.2 Å². The fourth-order valence-corrected chi connectivity index (χ4v) is 2.87. The quantitative estimate of drug-likeness (QED) is 0.819. The molecule has 110 valence electrons. The molecule has 1 aliphatic heterocycles. The molecular formula is C14H26N2O3. The molecule has 0 spiro atoms. The maximum absolute atomic E-state index is 12.9. The molecule has 5 nitrogen and oxygen atoms in total. The van der Waals surface area contributed by atoms with Gasteiger partial charge in [-0.15, -0.1) is 0 Å². The van der Waals surface area contributed by atoms with E-state index in [0.29, 0.717) is 25.9 Å². The first-order valence-corrected chi connectivity index (χ1v) is 7.04.